The maximum atomic E-state index is 5.25. The predicted molar refractivity (Wildman–Crippen MR) is 95.0 cm³/mol. The van der Waals surface area contributed by atoms with E-state index in [1.165, 1.54) is 0 Å². The summed E-state index contributed by atoms with van der Waals surface area (Å²) in [7, 11) is 0. The molecule has 0 atom stereocenters. The van der Waals surface area contributed by atoms with Crippen LogP contribution in [0, 0.1) is 0 Å². The Morgan fingerprint density at radius 2 is 1.70 bits per heavy atom. The fourth-order valence-electron chi connectivity index (χ4n) is 2.08. The summed E-state index contributed by atoms with van der Waals surface area (Å²) in [5, 5.41) is 8.66. The fourth-order valence-corrected chi connectivity index (χ4v) is 2.26. The molecule has 1 heterocycles. The molecule has 5 heteroatoms. The Morgan fingerprint density at radius 1 is 1.00 bits per heavy atom. The molecule has 0 bridgehead atoms. The van der Waals surface area contributed by atoms with Gasteiger partial charge < -0.3 is 5.32 Å². The molecule has 0 radical (unpaired) electrons. The van der Waals surface area contributed by atoms with E-state index >= 15 is 0 Å². The molecule has 4 nitrogen and oxygen atoms in total. The van der Waals surface area contributed by atoms with Crippen LogP contribution >= 0.6 is 12.2 Å². The monoisotopic (exact) mass is 320 g/mol. The number of nitrogens with zero attached hydrogens (tertiary/aromatic N) is 3. The Morgan fingerprint density at radius 3 is 2.35 bits per heavy atom. The fraction of sp³-hybridized carbons (Fsp3) is 0.0556. The lowest BCUT2D eigenvalue weighted by molar-refractivity contribution is 0.831. The summed E-state index contributed by atoms with van der Waals surface area (Å²) in [6.45, 7) is 0.660. The van der Waals surface area contributed by atoms with E-state index in [0.717, 1.165) is 16.6 Å². The van der Waals surface area contributed by atoms with Gasteiger partial charge >= 0.3 is 0 Å². The predicted octanol–water partition coefficient (Wildman–Crippen LogP) is 2.85. The number of thiocarbonyl (C=S) groups is 1. The number of hydrogen-bond donors (Lipinski definition) is 1. The van der Waals surface area contributed by atoms with Crippen LogP contribution in [0.2, 0.25) is 0 Å². The maximum absolute atomic E-state index is 5.25. The van der Waals surface area contributed by atoms with Crippen LogP contribution in [0.5, 0.6) is 0 Å². The Balaban J connectivity index is 1.66. The van der Waals surface area contributed by atoms with Crippen molar-refractivity contribution in [1.82, 2.24) is 15.1 Å². The van der Waals surface area contributed by atoms with Crippen molar-refractivity contribution in [2.24, 2.45) is 4.99 Å². The molecule has 2 aromatic carbocycles. The highest BCUT2D eigenvalue weighted by molar-refractivity contribution is 7.80. The van der Waals surface area contributed by atoms with Gasteiger partial charge in [-0.1, -0.05) is 48.5 Å². The van der Waals surface area contributed by atoms with E-state index < -0.39 is 0 Å². The molecule has 0 aliphatic rings. The number of benzene rings is 2. The molecule has 0 spiro atoms. The second-order valence-corrected chi connectivity index (χ2v) is 5.31. The largest absolute Gasteiger partial charge is 0.357 e. The van der Waals surface area contributed by atoms with E-state index in [9.17, 15) is 0 Å². The van der Waals surface area contributed by atoms with Crippen molar-refractivity contribution >= 4 is 17.3 Å². The Kier molecular flexibility index (Phi) is 4.91. The van der Waals surface area contributed by atoms with Crippen molar-refractivity contribution in [3.05, 3.63) is 90.0 Å². The number of rotatable bonds is 3. The molecule has 114 valence electrons. The van der Waals surface area contributed by atoms with E-state index in [1.54, 1.807) is 10.9 Å². The molecule has 23 heavy (non-hydrogen) atoms. The van der Waals surface area contributed by atoms with Gasteiger partial charge in [0, 0.05) is 12.7 Å². The van der Waals surface area contributed by atoms with Crippen LogP contribution in [0.4, 0.5) is 0 Å². The lowest BCUT2D eigenvalue weighted by Crippen LogP contribution is -2.22. The highest BCUT2D eigenvalue weighted by Gasteiger charge is 1.96. The van der Waals surface area contributed by atoms with Crippen molar-refractivity contribution in [3.63, 3.8) is 0 Å². The number of aromatic nitrogens is 2. The quantitative estimate of drug-likeness (QED) is 0.755. The molecule has 0 aliphatic heterocycles. The average Bonchev–Trinajstić information content (AvgIpc) is 2.62. The first-order valence-corrected chi connectivity index (χ1v) is 7.69. The molecule has 1 N–H and O–H groups in total. The van der Waals surface area contributed by atoms with Crippen molar-refractivity contribution in [3.8, 4) is 5.69 Å². The van der Waals surface area contributed by atoms with Gasteiger partial charge in [-0.05, 0) is 36.0 Å². The minimum atomic E-state index is 0.452. The van der Waals surface area contributed by atoms with Crippen molar-refractivity contribution in [2.75, 3.05) is 0 Å². The molecule has 3 rings (SSSR count). The first-order valence-electron chi connectivity index (χ1n) is 7.28. The van der Waals surface area contributed by atoms with Crippen LogP contribution in [-0.4, -0.2) is 14.9 Å². The van der Waals surface area contributed by atoms with Crippen LogP contribution in [0.15, 0.2) is 84.1 Å². The van der Waals surface area contributed by atoms with Crippen LogP contribution in [0.25, 0.3) is 5.69 Å². The minimum Gasteiger partial charge on any atom is -0.357 e. The van der Waals surface area contributed by atoms with Crippen LogP contribution in [0.1, 0.15) is 5.56 Å². The molecule has 1 aromatic heterocycles. The van der Waals surface area contributed by atoms with Crippen LogP contribution < -0.4 is 10.7 Å². The first-order chi connectivity index (χ1) is 11.3. The zero-order valence-electron chi connectivity index (χ0n) is 12.5. The second-order valence-electron chi connectivity index (χ2n) is 4.92. The normalized spacial score (nSPS) is 11.2. The zero-order chi connectivity index (χ0) is 15.9. The SMILES string of the molecule is S=C(N=c1ccn(-c2ccccc2)nc1)NCc1ccccc1. The van der Waals surface area contributed by atoms with Crippen LogP contribution in [0.3, 0.4) is 0 Å². The maximum Gasteiger partial charge on any atom is 0.193 e. The third-order valence-electron chi connectivity index (χ3n) is 3.24. The van der Waals surface area contributed by atoms with Gasteiger partial charge in [0.1, 0.15) is 0 Å². The summed E-state index contributed by atoms with van der Waals surface area (Å²) < 4.78 is 1.79. The van der Waals surface area contributed by atoms with E-state index in [-0.39, 0.29) is 0 Å². The average molecular weight is 320 g/mol. The smallest absolute Gasteiger partial charge is 0.193 e. The van der Waals surface area contributed by atoms with Crippen LogP contribution in [-0.2, 0) is 6.54 Å². The molecule has 0 saturated carbocycles. The van der Waals surface area contributed by atoms with Crippen molar-refractivity contribution < 1.29 is 0 Å². The van der Waals surface area contributed by atoms with Crippen molar-refractivity contribution in [1.29, 1.82) is 0 Å². The van der Waals surface area contributed by atoms with Gasteiger partial charge in [-0.25, -0.2) is 9.67 Å². The molecule has 0 aliphatic carbocycles. The summed E-state index contributed by atoms with van der Waals surface area (Å²) in [4.78, 5) is 4.35. The highest BCUT2D eigenvalue weighted by Crippen LogP contribution is 2.02. The van der Waals surface area contributed by atoms with E-state index in [0.29, 0.717) is 11.7 Å². The number of hydrogen-bond acceptors (Lipinski definition) is 2. The number of nitrogens with one attached hydrogen (secondary N) is 1. The molecule has 0 saturated heterocycles. The Labute approximate surface area is 140 Å². The zero-order valence-corrected chi connectivity index (χ0v) is 13.3. The number of para-hydroxylation sites is 1. The second kappa shape index (κ2) is 7.47. The Bertz CT molecular complexity index is 821. The van der Waals surface area contributed by atoms with Gasteiger partial charge in [-0.15, -0.1) is 0 Å². The summed E-state index contributed by atoms with van der Waals surface area (Å²) in [6, 6.07) is 21.9. The lowest BCUT2D eigenvalue weighted by Gasteiger charge is -2.05. The molecular formula is C18H16N4S. The molecule has 3 aromatic rings. The summed E-state index contributed by atoms with van der Waals surface area (Å²) >= 11 is 5.25. The minimum absolute atomic E-state index is 0.452. The topological polar surface area (TPSA) is 42.2 Å². The van der Waals surface area contributed by atoms with E-state index in [2.05, 4.69) is 15.4 Å². The lowest BCUT2D eigenvalue weighted by atomic mass is 10.2. The first kappa shape index (κ1) is 15.1. The van der Waals surface area contributed by atoms with Gasteiger partial charge in [0.05, 0.1) is 17.2 Å². The summed E-state index contributed by atoms with van der Waals surface area (Å²) in [6.07, 6.45) is 3.57. The molecule has 0 fully saturated rings. The Hall–Kier alpha value is -2.79. The van der Waals surface area contributed by atoms with Gasteiger partial charge in [-0.2, -0.15) is 5.10 Å². The van der Waals surface area contributed by atoms with E-state index in [1.807, 2.05) is 72.9 Å². The standard InChI is InChI=1S/C18H16N4S/c23-18(19-13-15-7-3-1-4-8-15)21-16-11-12-22(20-14-16)17-9-5-2-6-10-17/h1-12,14H,13H2,(H,19,23). The summed E-state index contributed by atoms with van der Waals surface area (Å²) in [5.41, 5.74) is 2.17. The molecule has 0 unspecified atom stereocenters. The molecular weight excluding hydrogens is 304 g/mol. The van der Waals surface area contributed by atoms with Gasteiger partial charge in [0.15, 0.2) is 5.11 Å². The van der Waals surface area contributed by atoms with Gasteiger partial charge in [0.25, 0.3) is 0 Å². The van der Waals surface area contributed by atoms with E-state index in [4.69, 9.17) is 12.2 Å². The molecule has 0 amide bonds. The van der Waals surface area contributed by atoms with Crippen molar-refractivity contribution in [2.45, 2.75) is 6.54 Å². The highest BCUT2D eigenvalue weighted by atomic mass is 32.1. The third-order valence-corrected chi connectivity index (χ3v) is 3.47. The van der Waals surface area contributed by atoms with Gasteiger partial charge in [-0.3, -0.25) is 0 Å². The summed E-state index contributed by atoms with van der Waals surface area (Å²) in [5.74, 6) is 0. The third kappa shape index (κ3) is 4.34. The van der Waals surface area contributed by atoms with Gasteiger partial charge in [0.2, 0.25) is 0 Å².